The molecule has 0 spiro atoms. The quantitative estimate of drug-likeness (QED) is 0.836. The van der Waals surface area contributed by atoms with Crippen LogP contribution < -0.4 is 10.6 Å². The summed E-state index contributed by atoms with van der Waals surface area (Å²) >= 11 is 0. The van der Waals surface area contributed by atoms with Crippen LogP contribution in [0.15, 0.2) is 42.7 Å². The van der Waals surface area contributed by atoms with Crippen LogP contribution in [0.3, 0.4) is 0 Å². The molecule has 2 N–H and O–H groups in total. The molecule has 0 saturated heterocycles. The van der Waals surface area contributed by atoms with Crippen LogP contribution in [-0.4, -0.2) is 29.0 Å². The molecule has 5 nitrogen and oxygen atoms in total. The van der Waals surface area contributed by atoms with Crippen LogP contribution in [0.5, 0.6) is 0 Å². The van der Waals surface area contributed by atoms with E-state index in [4.69, 9.17) is 0 Å². The minimum Gasteiger partial charge on any atom is -0.360 e. The van der Waals surface area contributed by atoms with E-state index in [2.05, 4.69) is 20.6 Å². The first-order valence-electron chi connectivity index (χ1n) is 6.57. The van der Waals surface area contributed by atoms with Gasteiger partial charge in [0.15, 0.2) is 0 Å². The van der Waals surface area contributed by atoms with Crippen molar-refractivity contribution in [3.63, 3.8) is 0 Å². The number of benzene rings is 1. The number of carbonyl (C=O) groups is 1. The molecule has 2 aromatic rings. The molecule has 5 heteroatoms. The van der Waals surface area contributed by atoms with Crippen LogP contribution in [0.1, 0.15) is 11.3 Å². The molecule has 0 saturated carbocycles. The highest BCUT2D eigenvalue weighted by molar-refractivity contribution is 5.80. The number of nitrogens with zero attached hydrogens (tertiary/aromatic N) is 2. The molecule has 0 aliphatic rings. The van der Waals surface area contributed by atoms with Crippen LogP contribution in [0.25, 0.3) is 0 Å². The normalized spacial score (nSPS) is 10.1. The number of nitrogens with one attached hydrogen (secondary N) is 2. The number of aromatic nitrogens is 2. The maximum atomic E-state index is 11.7. The Morgan fingerprint density at radius 2 is 2.00 bits per heavy atom. The number of rotatable bonds is 6. The minimum atomic E-state index is -0.0516. The monoisotopic (exact) mass is 270 g/mol. The van der Waals surface area contributed by atoms with Crippen molar-refractivity contribution < 1.29 is 4.79 Å². The van der Waals surface area contributed by atoms with E-state index in [1.165, 1.54) is 5.56 Å². The first-order chi connectivity index (χ1) is 9.74. The van der Waals surface area contributed by atoms with Crippen LogP contribution in [-0.2, 0) is 11.2 Å². The zero-order chi connectivity index (χ0) is 14.2. The second kappa shape index (κ2) is 7.23. The molecule has 0 bridgehead atoms. The highest BCUT2D eigenvalue weighted by Gasteiger charge is 2.02. The van der Waals surface area contributed by atoms with Gasteiger partial charge in [-0.15, -0.1) is 0 Å². The number of hydrogen-bond donors (Lipinski definition) is 2. The van der Waals surface area contributed by atoms with Crippen LogP contribution in [0.4, 0.5) is 5.82 Å². The SMILES string of the molecule is Cc1cncc(NCC(=O)NCCc2ccccc2)n1. The van der Waals surface area contributed by atoms with E-state index >= 15 is 0 Å². The first kappa shape index (κ1) is 14.0. The molecular formula is C15H18N4O. The second-order valence-electron chi connectivity index (χ2n) is 4.48. The van der Waals surface area contributed by atoms with Gasteiger partial charge in [0.1, 0.15) is 5.82 Å². The zero-order valence-electron chi connectivity index (χ0n) is 11.5. The summed E-state index contributed by atoms with van der Waals surface area (Å²) in [7, 11) is 0. The van der Waals surface area contributed by atoms with E-state index in [-0.39, 0.29) is 12.5 Å². The lowest BCUT2D eigenvalue weighted by molar-refractivity contribution is -0.119. The van der Waals surface area contributed by atoms with Gasteiger partial charge >= 0.3 is 0 Å². The summed E-state index contributed by atoms with van der Waals surface area (Å²) < 4.78 is 0. The van der Waals surface area contributed by atoms with Crippen molar-refractivity contribution in [2.24, 2.45) is 0 Å². The lowest BCUT2D eigenvalue weighted by atomic mass is 10.1. The van der Waals surface area contributed by atoms with Gasteiger partial charge in [0.25, 0.3) is 0 Å². The summed E-state index contributed by atoms with van der Waals surface area (Å²) in [5, 5.41) is 5.81. The van der Waals surface area contributed by atoms with Gasteiger partial charge in [-0.3, -0.25) is 9.78 Å². The third-order valence-corrected chi connectivity index (χ3v) is 2.76. The van der Waals surface area contributed by atoms with Gasteiger partial charge in [-0.1, -0.05) is 30.3 Å². The summed E-state index contributed by atoms with van der Waals surface area (Å²) in [6.45, 7) is 2.69. The van der Waals surface area contributed by atoms with Gasteiger partial charge in [-0.2, -0.15) is 0 Å². The molecular weight excluding hydrogens is 252 g/mol. The van der Waals surface area contributed by atoms with Crippen molar-refractivity contribution in [1.29, 1.82) is 0 Å². The molecule has 0 radical (unpaired) electrons. The Hall–Kier alpha value is -2.43. The van der Waals surface area contributed by atoms with E-state index < -0.39 is 0 Å². The molecule has 0 fully saturated rings. The summed E-state index contributed by atoms with van der Waals surface area (Å²) in [4.78, 5) is 19.9. The molecule has 1 aromatic heterocycles. The van der Waals surface area contributed by atoms with Crippen molar-refractivity contribution in [3.05, 3.63) is 54.0 Å². The largest absolute Gasteiger partial charge is 0.360 e. The fourth-order valence-electron chi connectivity index (χ4n) is 1.77. The standard InChI is InChI=1S/C15H18N4O/c1-12-9-16-10-14(19-12)18-11-15(20)17-8-7-13-5-3-2-4-6-13/h2-6,9-10H,7-8,11H2,1H3,(H,17,20)(H,18,19). The zero-order valence-corrected chi connectivity index (χ0v) is 11.5. The first-order valence-corrected chi connectivity index (χ1v) is 6.57. The molecule has 1 amide bonds. The Bertz CT molecular complexity index is 557. The van der Waals surface area contributed by atoms with Crippen LogP contribution >= 0.6 is 0 Å². The summed E-state index contributed by atoms with van der Waals surface area (Å²) in [5.74, 6) is 0.562. The number of amides is 1. The Balaban J connectivity index is 1.68. The average Bonchev–Trinajstić information content (AvgIpc) is 2.46. The maximum absolute atomic E-state index is 11.7. The summed E-state index contributed by atoms with van der Waals surface area (Å²) in [5.41, 5.74) is 2.03. The van der Waals surface area contributed by atoms with Crippen molar-refractivity contribution in [2.45, 2.75) is 13.3 Å². The molecule has 20 heavy (non-hydrogen) atoms. The fraction of sp³-hybridized carbons (Fsp3) is 0.267. The van der Waals surface area contributed by atoms with Crippen LogP contribution in [0.2, 0.25) is 0 Å². The maximum Gasteiger partial charge on any atom is 0.239 e. The van der Waals surface area contributed by atoms with E-state index in [1.54, 1.807) is 12.4 Å². The molecule has 104 valence electrons. The summed E-state index contributed by atoms with van der Waals surface area (Å²) in [6, 6.07) is 10.1. The molecule has 0 unspecified atom stereocenters. The molecule has 0 aliphatic carbocycles. The predicted octanol–water partition coefficient (Wildman–Crippen LogP) is 1.56. The van der Waals surface area contributed by atoms with E-state index in [0.29, 0.717) is 12.4 Å². The third-order valence-electron chi connectivity index (χ3n) is 2.76. The Kier molecular flexibility index (Phi) is 5.06. The average molecular weight is 270 g/mol. The van der Waals surface area contributed by atoms with Gasteiger partial charge in [-0.05, 0) is 18.9 Å². The van der Waals surface area contributed by atoms with Crippen molar-refractivity contribution >= 4 is 11.7 Å². The number of hydrogen-bond acceptors (Lipinski definition) is 4. The van der Waals surface area contributed by atoms with Gasteiger partial charge in [0, 0.05) is 12.7 Å². The second-order valence-corrected chi connectivity index (χ2v) is 4.48. The fourth-order valence-corrected chi connectivity index (χ4v) is 1.77. The van der Waals surface area contributed by atoms with Crippen LogP contribution in [0, 0.1) is 6.92 Å². The number of aryl methyl sites for hydroxylation is 1. The number of anilines is 1. The van der Waals surface area contributed by atoms with Gasteiger partial charge in [-0.25, -0.2) is 4.98 Å². The smallest absolute Gasteiger partial charge is 0.239 e. The van der Waals surface area contributed by atoms with E-state index in [9.17, 15) is 4.79 Å². The van der Waals surface area contributed by atoms with Crippen molar-refractivity contribution in [1.82, 2.24) is 15.3 Å². The molecule has 1 aromatic carbocycles. The van der Waals surface area contributed by atoms with E-state index in [0.717, 1.165) is 12.1 Å². The Morgan fingerprint density at radius 1 is 1.20 bits per heavy atom. The van der Waals surface area contributed by atoms with Gasteiger partial charge in [0.05, 0.1) is 18.4 Å². The van der Waals surface area contributed by atoms with Crippen molar-refractivity contribution in [3.8, 4) is 0 Å². The Labute approximate surface area is 118 Å². The lowest BCUT2D eigenvalue weighted by Crippen LogP contribution is -2.31. The molecule has 1 heterocycles. The van der Waals surface area contributed by atoms with Gasteiger partial charge < -0.3 is 10.6 Å². The lowest BCUT2D eigenvalue weighted by Gasteiger charge is -2.07. The Morgan fingerprint density at radius 3 is 2.75 bits per heavy atom. The number of carbonyl (C=O) groups excluding carboxylic acids is 1. The third kappa shape index (κ3) is 4.68. The molecule has 0 atom stereocenters. The molecule has 2 rings (SSSR count). The highest BCUT2D eigenvalue weighted by atomic mass is 16.1. The molecule has 0 aliphatic heterocycles. The summed E-state index contributed by atoms with van der Waals surface area (Å²) in [6.07, 6.45) is 4.10. The minimum absolute atomic E-state index is 0.0516. The van der Waals surface area contributed by atoms with E-state index in [1.807, 2.05) is 37.3 Å². The van der Waals surface area contributed by atoms with Crippen molar-refractivity contribution in [2.75, 3.05) is 18.4 Å². The topological polar surface area (TPSA) is 66.9 Å². The predicted molar refractivity (Wildman–Crippen MR) is 78.4 cm³/mol. The van der Waals surface area contributed by atoms with Gasteiger partial charge in [0.2, 0.25) is 5.91 Å². The highest BCUT2D eigenvalue weighted by Crippen LogP contribution is 2.00.